The Balaban J connectivity index is 1.56. The van der Waals surface area contributed by atoms with Crippen molar-refractivity contribution < 1.29 is 18.8 Å². The summed E-state index contributed by atoms with van der Waals surface area (Å²) in [6.07, 6.45) is 1.02. The molecule has 1 fully saturated rings. The average Bonchev–Trinajstić information content (AvgIpc) is 3.15. The molecule has 29 heavy (non-hydrogen) atoms. The highest BCUT2D eigenvalue weighted by Crippen LogP contribution is 2.09. The van der Waals surface area contributed by atoms with Crippen LogP contribution in [0.2, 0.25) is 0 Å². The number of benzene rings is 1. The summed E-state index contributed by atoms with van der Waals surface area (Å²) in [6.45, 7) is 6.05. The lowest BCUT2D eigenvalue weighted by Crippen LogP contribution is -2.45. The summed E-state index contributed by atoms with van der Waals surface area (Å²) in [6, 6.07) is 11.5. The van der Waals surface area contributed by atoms with Crippen LogP contribution in [0.3, 0.4) is 0 Å². The van der Waals surface area contributed by atoms with Gasteiger partial charge in [-0.1, -0.05) is 35.5 Å². The molecule has 3 rings (SSSR count). The van der Waals surface area contributed by atoms with Gasteiger partial charge in [-0.05, 0) is 18.9 Å². The van der Waals surface area contributed by atoms with Crippen molar-refractivity contribution >= 4 is 17.6 Å². The second-order valence-corrected chi connectivity index (χ2v) is 7.13. The van der Waals surface area contributed by atoms with Crippen LogP contribution in [0.5, 0.6) is 0 Å². The maximum Gasteiger partial charge on any atom is 0.245 e. The van der Waals surface area contributed by atoms with Crippen LogP contribution in [-0.4, -0.2) is 72.7 Å². The number of hydrogen-bond donors (Lipinski definition) is 1. The zero-order chi connectivity index (χ0) is 20.5. The highest BCUT2D eigenvalue weighted by molar-refractivity contribution is 5.93. The van der Waals surface area contributed by atoms with Crippen molar-refractivity contribution in [1.82, 2.24) is 15.0 Å². The molecule has 0 bridgehead atoms. The summed E-state index contributed by atoms with van der Waals surface area (Å²) >= 11 is 0. The molecule has 0 unspecified atom stereocenters. The van der Waals surface area contributed by atoms with E-state index in [1.54, 1.807) is 17.9 Å². The highest BCUT2D eigenvalue weighted by Gasteiger charge is 2.20. The van der Waals surface area contributed by atoms with Gasteiger partial charge in [0.25, 0.3) is 0 Å². The van der Waals surface area contributed by atoms with E-state index in [0.29, 0.717) is 44.2 Å². The molecule has 1 N–H and O–H groups in total. The summed E-state index contributed by atoms with van der Waals surface area (Å²) < 4.78 is 10.3. The first-order chi connectivity index (χ1) is 14.1. The van der Waals surface area contributed by atoms with Gasteiger partial charge in [-0.15, -0.1) is 0 Å². The minimum absolute atomic E-state index is 0.0100. The molecule has 2 aromatic rings. The summed E-state index contributed by atoms with van der Waals surface area (Å²) in [7, 11) is 0. The van der Waals surface area contributed by atoms with E-state index in [2.05, 4.69) is 15.4 Å². The molecule has 0 saturated carbocycles. The van der Waals surface area contributed by atoms with Gasteiger partial charge in [0.05, 0.1) is 19.8 Å². The highest BCUT2D eigenvalue weighted by atomic mass is 16.5. The van der Waals surface area contributed by atoms with Gasteiger partial charge in [0.2, 0.25) is 11.8 Å². The molecule has 8 nitrogen and oxygen atoms in total. The lowest BCUT2D eigenvalue weighted by molar-refractivity contribution is -0.135. The average molecular weight is 400 g/mol. The van der Waals surface area contributed by atoms with Gasteiger partial charge in [-0.3, -0.25) is 14.5 Å². The first-order valence-corrected chi connectivity index (χ1v) is 9.95. The number of aryl methyl sites for hydroxylation is 2. The van der Waals surface area contributed by atoms with E-state index in [1.165, 1.54) is 0 Å². The lowest BCUT2D eigenvalue weighted by atomic mass is 10.1. The Morgan fingerprint density at radius 2 is 1.97 bits per heavy atom. The van der Waals surface area contributed by atoms with E-state index >= 15 is 0 Å². The van der Waals surface area contributed by atoms with Crippen molar-refractivity contribution in [2.75, 3.05) is 51.3 Å². The molecule has 2 amide bonds. The molecule has 1 saturated heterocycles. The fourth-order valence-corrected chi connectivity index (χ4v) is 3.21. The van der Waals surface area contributed by atoms with Crippen LogP contribution >= 0.6 is 0 Å². The molecular formula is C21H28N4O4. The monoisotopic (exact) mass is 400 g/mol. The van der Waals surface area contributed by atoms with Crippen LogP contribution in [0, 0.1) is 6.92 Å². The molecule has 0 spiro atoms. The molecule has 1 aliphatic heterocycles. The molecule has 8 heteroatoms. The quantitative estimate of drug-likeness (QED) is 0.690. The number of amides is 2. The van der Waals surface area contributed by atoms with Gasteiger partial charge in [0.1, 0.15) is 5.76 Å². The van der Waals surface area contributed by atoms with E-state index < -0.39 is 0 Å². The van der Waals surface area contributed by atoms with E-state index in [9.17, 15) is 9.59 Å². The predicted molar refractivity (Wildman–Crippen MR) is 108 cm³/mol. The predicted octanol–water partition coefficient (Wildman–Crippen LogP) is 1.72. The van der Waals surface area contributed by atoms with Crippen molar-refractivity contribution in [1.29, 1.82) is 0 Å². The third kappa shape index (κ3) is 6.99. The summed E-state index contributed by atoms with van der Waals surface area (Å²) in [5, 5.41) is 6.46. The van der Waals surface area contributed by atoms with Gasteiger partial charge < -0.3 is 19.5 Å². The van der Waals surface area contributed by atoms with Crippen molar-refractivity contribution in [3.8, 4) is 0 Å². The van der Waals surface area contributed by atoms with Gasteiger partial charge in [0.15, 0.2) is 5.82 Å². The molecule has 2 heterocycles. The first-order valence-electron chi connectivity index (χ1n) is 9.95. The van der Waals surface area contributed by atoms with Crippen LogP contribution in [0.1, 0.15) is 17.7 Å². The Bertz CT molecular complexity index is 787. The molecule has 0 radical (unpaired) electrons. The smallest absolute Gasteiger partial charge is 0.245 e. The number of carbonyl (C=O) groups excluding carboxylic acids is 2. The molecule has 1 aromatic carbocycles. The van der Waals surface area contributed by atoms with Gasteiger partial charge in [-0.2, -0.15) is 0 Å². The summed E-state index contributed by atoms with van der Waals surface area (Å²) in [5.41, 5.74) is 1.11. The maximum atomic E-state index is 12.8. The number of anilines is 1. The lowest BCUT2D eigenvalue weighted by Gasteiger charge is -2.30. The Morgan fingerprint density at radius 1 is 1.21 bits per heavy atom. The number of ether oxygens (including phenoxy) is 1. The topological polar surface area (TPSA) is 87.9 Å². The third-order valence-electron chi connectivity index (χ3n) is 4.84. The number of morpholine rings is 1. The SMILES string of the molecule is Cc1cc(NC(=O)CN(CCN2CCOCC2)C(=O)CCc2ccccc2)no1. The Labute approximate surface area is 170 Å². The fourth-order valence-electron chi connectivity index (χ4n) is 3.21. The number of carbonyl (C=O) groups is 2. The standard InChI is InChI=1S/C21H28N4O4/c1-17-15-19(23-29-17)22-20(26)16-25(10-9-24-11-13-28-14-12-24)21(27)8-7-18-5-3-2-4-6-18/h2-6,15H,7-14,16H2,1H3,(H,22,23,26). The van der Waals surface area contributed by atoms with Gasteiger partial charge >= 0.3 is 0 Å². The summed E-state index contributed by atoms with van der Waals surface area (Å²) in [4.78, 5) is 29.2. The number of hydrogen-bond acceptors (Lipinski definition) is 6. The first kappa shape index (κ1) is 21.0. The zero-order valence-corrected chi connectivity index (χ0v) is 16.8. The van der Waals surface area contributed by atoms with E-state index in [-0.39, 0.29) is 18.4 Å². The van der Waals surface area contributed by atoms with Crippen LogP contribution in [0.4, 0.5) is 5.82 Å². The molecule has 156 valence electrons. The maximum absolute atomic E-state index is 12.8. The number of nitrogens with one attached hydrogen (secondary N) is 1. The number of nitrogens with zero attached hydrogens (tertiary/aromatic N) is 3. The molecule has 0 atom stereocenters. The minimum Gasteiger partial charge on any atom is -0.379 e. The Kier molecular flexibility index (Phi) is 7.77. The van der Waals surface area contributed by atoms with Crippen LogP contribution in [0.25, 0.3) is 0 Å². The number of aromatic nitrogens is 1. The van der Waals surface area contributed by atoms with Gasteiger partial charge in [0, 0.05) is 38.7 Å². The molecule has 1 aliphatic rings. The number of rotatable bonds is 9. The second kappa shape index (κ2) is 10.7. The fraction of sp³-hybridized carbons (Fsp3) is 0.476. The zero-order valence-electron chi connectivity index (χ0n) is 16.8. The second-order valence-electron chi connectivity index (χ2n) is 7.13. The normalized spacial score (nSPS) is 14.5. The molecular weight excluding hydrogens is 372 g/mol. The molecule has 1 aromatic heterocycles. The van der Waals surface area contributed by atoms with Crippen LogP contribution < -0.4 is 5.32 Å². The van der Waals surface area contributed by atoms with Crippen molar-refractivity contribution in [3.05, 3.63) is 47.7 Å². The van der Waals surface area contributed by atoms with Crippen molar-refractivity contribution in [3.63, 3.8) is 0 Å². The van der Waals surface area contributed by atoms with E-state index in [4.69, 9.17) is 9.26 Å². The van der Waals surface area contributed by atoms with Crippen LogP contribution in [-0.2, 0) is 20.7 Å². The van der Waals surface area contributed by atoms with Gasteiger partial charge in [-0.25, -0.2) is 0 Å². The Hall–Kier alpha value is -2.71. The van der Waals surface area contributed by atoms with E-state index in [0.717, 1.165) is 25.2 Å². The minimum atomic E-state index is -0.284. The van der Waals surface area contributed by atoms with E-state index in [1.807, 2.05) is 30.3 Å². The van der Waals surface area contributed by atoms with Crippen molar-refractivity contribution in [2.45, 2.75) is 19.8 Å². The Morgan fingerprint density at radius 3 is 2.66 bits per heavy atom. The summed E-state index contributed by atoms with van der Waals surface area (Å²) in [5.74, 6) is 0.655. The third-order valence-corrected chi connectivity index (χ3v) is 4.84. The molecule has 0 aliphatic carbocycles. The van der Waals surface area contributed by atoms with Crippen molar-refractivity contribution in [2.24, 2.45) is 0 Å². The van der Waals surface area contributed by atoms with Crippen LogP contribution in [0.15, 0.2) is 40.9 Å². The largest absolute Gasteiger partial charge is 0.379 e.